The molecule has 1 heterocycles. The summed E-state index contributed by atoms with van der Waals surface area (Å²) >= 11 is 0. The van der Waals surface area contributed by atoms with Gasteiger partial charge in [0, 0.05) is 12.6 Å². The molecule has 0 radical (unpaired) electrons. The van der Waals surface area contributed by atoms with Crippen LogP contribution in [0.3, 0.4) is 0 Å². The van der Waals surface area contributed by atoms with Crippen molar-refractivity contribution in [2.24, 2.45) is 35.0 Å². The van der Waals surface area contributed by atoms with E-state index >= 15 is 0 Å². The van der Waals surface area contributed by atoms with E-state index in [0.717, 1.165) is 41.0 Å². The van der Waals surface area contributed by atoms with Crippen LogP contribution in [0.15, 0.2) is 12.2 Å². The monoisotopic (exact) mass is 217 g/mol. The van der Waals surface area contributed by atoms with Crippen LogP contribution in [0.2, 0.25) is 0 Å². The van der Waals surface area contributed by atoms with Gasteiger partial charge in [0.1, 0.15) is 0 Å². The molecule has 1 heteroatoms. The molecule has 2 bridgehead atoms. The zero-order valence-electron chi connectivity index (χ0n) is 10.7. The molecule has 0 aromatic carbocycles. The van der Waals surface area contributed by atoms with Crippen LogP contribution in [-0.4, -0.2) is 24.5 Å². The van der Waals surface area contributed by atoms with Crippen LogP contribution in [0.5, 0.6) is 0 Å². The first-order valence-corrected chi connectivity index (χ1v) is 7.04. The van der Waals surface area contributed by atoms with Crippen molar-refractivity contribution in [3.8, 4) is 0 Å². The summed E-state index contributed by atoms with van der Waals surface area (Å²) in [5, 5.41) is 0. The van der Waals surface area contributed by atoms with Crippen molar-refractivity contribution in [1.29, 1.82) is 0 Å². The van der Waals surface area contributed by atoms with Crippen molar-refractivity contribution in [1.82, 2.24) is 4.90 Å². The fraction of sp³-hybridized carbons (Fsp3) is 0.867. The van der Waals surface area contributed by atoms with Gasteiger partial charge in [0.2, 0.25) is 0 Å². The largest absolute Gasteiger partial charge is 0.303 e. The highest BCUT2D eigenvalue weighted by Gasteiger charge is 2.69. The molecular formula is C15H23N. The Labute approximate surface area is 98.9 Å². The second-order valence-electron chi connectivity index (χ2n) is 7.09. The number of fused-ring (bicyclic) bond motifs is 3. The van der Waals surface area contributed by atoms with Crippen LogP contribution in [0.4, 0.5) is 0 Å². The molecule has 5 unspecified atom stereocenters. The van der Waals surface area contributed by atoms with Crippen LogP contribution in [0.1, 0.15) is 26.7 Å². The van der Waals surface area contributed by atoms with Gasteiger partial charge in [-0.3, -0.25) is 0 Å². The summed E-state index contributed by atoms with van der Waals surface area (Å²) in [7, 11) is 2.35. The summed E-state index contributed by atoms with van der Waals surface area (Å²) in [5.74, 6) is 4.70. The van der Waals surface area contributed by atoms with Gasteiger partial charge in [-0.15, -0.1) is 0 Å². The Morgan fingerprint density at radius 3 is 2.50 bits per heavy atom. The van der Waals surface area contributed by atoms with Crippen molar-refractivity contribution in [3.05, 3.63) is 12.2 Å². The van der Waals surface area contributed by atoms with Crippen molar-refractivity contribution in [2.45, 2.75) is 32.7 Å². The molecule has 4 rings (SSSR count). The normalized spacial score (nSPS) is 51.9. The van der Waals surface area contributed by atoms with Crippen LogP contribution >= 0.6 is 0 Å². The lowest BCUT2D eigenvalue weighted by atomic mass is 9.78. The van der Waals surface area contributed by atoms with Crippen LogP contribution in [0.25, 0.3) is 0 Å². The van der Waals surface area contributed by atoms with Crippen LogP contribution < -0.4 is 0 Å². The van der Waals surface area contributed by atoms with E-state index in [0.29, 0.717) is 0 Å². The van der Waals surface area contributed by atoms with E-state index in [1.165, 1.54) is 19.4 Å². The van der Waals surface area contributed by atoms with Gasteiger partial charge in [-0.25, -0.2) is 0 Å². The minimum atomic E-state index is 0.781. The molecule has 0 N–H and O–H groups in total. The van der Waals surface area contributed by atoms with Gasteiger partial charge in [0.15, 0.2) is 0 Å². The molecule has 3 aliphatic carbocycles. The first-order chi connectivity index (χ1) is 7.65. The zero-order chi connectivity index (χ0) is 11.1. The number of nitrogens with zero attached hydrogens (tertiary/aromatic N) is 1. The highest BCUT2D eigenvalue weighted by molar-refractivity contribution is 5.31. The number of rotatable bonds is 1. The lowest BCUT2D eigenvalue weighted by Crippen LogP contribution is -2.37. The maximum absolute atomic E-state index is 2.66. The molecule has 0 aromatic heterocycles. The molecule has 4 aliphatic rings. The summed E-state index contributed by atoms with van der Waals surface area (Å²) in [5.41, 5.74) is 0.781. The second kappa shape index (κ2) is 2.75. The average Bonchev–Trinajstić information content (AvgIpc) is 2.73. The molecular weight excluding hydrogens is 194 g/mol. The third-order valence-electron chi connectivity index (χ3n) is 6.14. The molecule has 0 aromatic rings. The Morgan fingerprint density at radius 1 is 1.19 bits per heavy atom. The quantitative estimate of drug-likeness (QED) is 0.610. The Balaban J connectivity index is 1.74. The Hall–Kier alpha value is -0.300. The molecule has 1 saturated heterocycles. The maximum atomic E-state index is 2.66. The molecule has 5 atom stereocenters. The molecule has 2 saturated carbocycles. The minimum absolute atomic E-state index is 0.781. The van der Waals surface area contributed by atoms with E-state index in [2.05, 4.69) is 37.9 Å². The lowest BCUT2D eigenvalue weighted by molar-refractivity contribution is 0.173. The van der Waals surface area contributed by atoms with Gasteiger partial charge in [-0.1, -0.05) is 26.0 Å². The van der Waals surface area contributed by atoms with Crippen molar-refractivity contribution in [2.75, 3.05) is 13.6 Å². The Morgan fingerprint density at radius 2 is 1.88 bits per heavy atom. The highest BCUT2D eigenvalue weighted by atomic mass is 15.2. The van der Waals surface area contributed by atoms with E-state index in [-0.39, 0.29) is 0 Å². The van der Waals surface area contributed by atoms with Gasteiger partial charge in [-0.2, -0.15) is 0 Å². The summed E-state index contributed by atoms with van der Waals surface area (Å²) in [6, 6.07) is 0.849. The first kappa shape index (κ1) is 9.70. The summed E-state index contributed by atoms with van der Waals surface area (Å²) in [4.78, 5) is 2.66. The Bertz CT molecular complexity index is 352. The van der Waals surface area contributed by atoms with Gasteiger partial charge in [0.05, 0.1) is 0 Å². The van der Waals surface area contributed by atoms with Crippen molar-refractivity contribution >= 4 is 0 Å². The molecule has 16 heavy (non-hydrogen) atoms. The number of likely N-dealkylation sites (tertiary alicyclic amines) is 1. The molecule has 1 spiro atoms. The number of allylic oxidation sites excluding steroid dienone is 2. The topological polar surface area (TPSA) is 3.24 Å². The lowest BCUT2D eigenvalue weighted by Gasteiger charge is -2.32. The van der Waals surface area contributed by atoms with Crippen molar-refractivity contribution < 1.29 is 0 Å². The fourth-order valence-electron chi connectivity index (χ4n) is 5.64. The van der Waals surface area contributed by atoms with Crippen molar-refractivity contribution in [3.63, 3.8) is 0 Å². The van der Waals surface area contributed by atoms with E-state index in [9.17, 15) is 0 Å². The molecule has 3 fully saturated rings. The van der Waals surface area contributed by atoms with E-state index in [1.807, 2.05) is 0 Å². The smallest absolute Gasteiger partial charge is 0.0153 e. The predicted octanol–water partition coefficient (Wildman–Crippen LogP) is 2.78. The average molecular weight is 217 g/mol. The SMILES string of the molecule is CC(C)C1C2C(CN1C)C1C=CC2C12CC2. The van der Waals surface area contributed by atoms with Crippen LogP contribution in [0, 0.1) is 35.0 Å². The summed E-state index contributed by atoms with van der Waals surface area (Å²) in [6.45, 7) is 6.19. The first-order valence-electron chi connectivity index (χ1n) is 7.04. The van der Waals surface area contributed by atoms with Gasteiger partial charge in [0.25, 0.3) is 0 Å². The number of hydrogen-bond donors (Lipinski definition) is 0. The van der Waals surface area contributed by atoms with E-state index in [1.54, 1.807) is 0 Å². The van der Waals surface area contributed by atoms with Gasteiger partial charge in [-0.05, 0) is 54.9 Å². The second-order valence-corrected chi connectivity index (χ2v) is 7.09. The van der Waals surface area contributed by atoms with E-state index < -0.39 is 0 Å². The van der Waals surface area contributed by atoms with E-state index in [4.69, 9.17) is 0 Å². The molecule has 0 amide bonds. The molecule has 1 nitrogen and oxygen atoms in total. The minimum Gasteiger partial charge on any atom is -0.303 e. The van der Waals surface area contributed by atoms with Crippen LogP contribution in [-0.2, 0) is 0 Å². The molecule has 1 aliphatic heterocycles. The van der Waals surface area contributed by atoms with Gasteiger partial charge >= 0.3 is 0 Å². The standard InChI is InChI=1S/C15H23N/c1-9(2)14-13-10(8-16(14)3)11-4-5-12(13)15(11)6-7-15/h4-5,9-14H,6-8H2,1-3H3. The zero-order valence-corrected chi connectivity index (χ0v) is 10.7. The fourth-order valence-corrected chi connectivity index (χ4v) is 5.64. The highest BCUT2D eigenvalue weighted by Crippen LogP contribution is 2.74. The summed E-state index contributed by atoms with van der Waals surface area (Å²) in [6.07, 6.45) is 8.22. The predicted molar refractivity (Wildman–Crippen MR) is 66.0 cm³/mol. The maximum Gasteiger partial charge on any atom is 0.0153 e. The Kier molecular flexibility index (Phi) is 1.66. The number of hydrogen-bond acceptors (Lipinski definition) is 1. The molecule has 88 valence electrons. The third-order valence-corrected chi connectivity index (χ3v) is 6.14. The third kappa shape index (κ3) is 0.895. The summed E-state index contributed by atoms with van der Waals surface area (Å²) < 4.78 is 0. The van der Waals surface area contributed by atoms with Gasteiger partial charge < -0.3 is 4.90 Å².